The number of nitrogens with zero attached hydrogens (tertiary/aromatic N) is 2. The zero-order valence-electron chi connectivity index (χ0n) is 7.81. The van der Waals surface area contributed by atoms with E-state index in [1.807, 2.05) is 0 Å². The number of halogens is 3. The summed E-state index contributed by atoms with van der Waals surface area (Å²) >= 11 is 0. The molecule has 0 aromatic carbocycles. The molecule has 0 aliphatic rings. The third-order valence-electron chi connectivity index (χ3n) is 1.58. The van der Waals surface area contributed by atoms with Crippen LogP contribution in [0.3, 0.4) is 0 Å². The van der Waals surface area contributed by atoms with Gasteiger partial charge < -0.3 is 4.57 Å². The van der Waals surface area contributed by atoms with Crippen LogP contribution in [0.25, 0.3) is 0 Å². The maximum absolute atomic E-state index is 12.4. The molecule has 1 aromatic rings. The minimum Gasteiger partial charge on any atom is -0.327 e. The molecule has 0 aliphatic heterocycles. The van der Waals surface area contributed by atoms with Crippen LogP contribution in [0.5, 0.6) is 0 Å². The van der Waals surface area contributed by atoms with Crippen molar-refractivity contribution in [1.82, 2.24) is 9.55 Å². The van der Waals surface area contributed by atoms with Gasteiger partial charge in [0, 0.05) is 24.8 Å². The normalized spacial score (nSPS) is 16.1. The molecule has 0 radical (unpaired) electrons. The molecule has 3 nitrogen and oxygen atoms in total. The monoisotopic (exact) mass is 238 g/mol. The molecule has 15 heavy (non-hydrogen) atoms. The second-order valence-electron chi connectivity index (χ2n) is 2.73. The molecule has 7 heteroatoms. The highest BCUT2D eigenvalue weighted by Gasteiger charge is 2.16. The Morgan fingerprint density at radius 1 is 1.53 bits per heavy atom. The van der Waals surface area contributed by atoms with Gasteiger partial charge in [-0.25, -0.2) is 22.4 Å². The van der Waals surface area contributed by atoms with Crippen LogP contribution in [-0.2, 0) is 17.8 Å². The largest absolute Gasteiger partial charge is 0.327 e. The van der Waals surface area contributed by atoms with Crippen molar-refractivity contribution < 1.29 is 17.4 Å². The predicted molar refractivity (Wildman–Crippen MR) is 49.7 cm³/mol. The topological polar surface area (TPSA) is 34.9 Å². The predicted octanol–water partition coefficient (Wildman–Crippen LogP) is 1.64. The van der Waals surface area contributed by atoms with Gasteiger partial charge in [-0.1, -0.05) is 0 Å². The van der Waals surface area contributed by atoms with E-state index in [1.165, 1.54) is 10.8 Å². The van der Waals surface area contributed by atoms with Crippen LogP contribution >= 0.6 is 0 Å². The standard InChI is InChI=1S/C8H9F3N2OS/c1-13-4-3-12-8(13)15(14)5-2-6(9)7(10)11/h2-7H,1H3/b5-2+. The van der Waals surface area contributed by atoms with Gasteiger partial charge in [0.15, 0.2) is 6.17 Å². The van der Waals surface area contributed by atoms with Crippen LogP contribution in [0.4, 0.5) is 13.2 Å². The molecule has 84 valence electrons. The Morgan fingerprint density at radius 2 is 2.20 bits per heavy atom. The first-order valence-corrected chi connectivity index (χ1v) is 5.22. The first kappa shape index (κ1) is 12.0. The number of aryl methyl sites for hydroxylation is 1. The van der Waals surface area contributed by atoms with Gasteiger partial charge in [-0.05, 0) is 6.08 Å². The molecule has 1 aromatic heterocycles. The average Bonchev–Trinajstić information content (AvgIpc) is 2.60. The van der Waals surface area contributed by atoms with Crippen molar-refractivity contribution in [1.29, 1.82) is 0 Å². The lowest BCUT2D eigenvalue weighted by atomic mass is 10.4. The lowest BCUT2D eigenvalue weighted by Crippen LogP contribution is -2.08. The summed E-state index contributed by atoms with van der Waals surface area (Å²) in [5.41, 5.74) is 0. The summed E-state index contributed by atoms with van der Waals surface area (Å²) in [5.74, 6) is 0. The van der Waals surface area contributed by atoms with E-state index in [-0.39, 0.29) is 5.16 Å². The number of hydrogen-bond acceptors (Lipinski definition) is 2. The Bertz CT molecular complexity index is 378. The van der Waals surface area contributed by atoms with Gasteiger partial charge in [-0.3, -0.25) is 0 Å². The van der Waals surface area contributed by atoms with E-state index in [0.717, 1.165) is 5.41 Å². The number of alkyl halides is 3. The van der Waals surface area contributed by atoms with E-state index in [1.54, 1.807) is 13.2 Å². The summed E-state index contributed by atoms with van der Waals surface area (Å²) in [7, 11) is -0.0978. The number of allylic oxidation sites excluding steroid dienone is 1. The van der Waals surface area contributed by atoms with E-state index < -0.39 is 23.4 Å². The highest BCUT2D eigenvalue weighted by atomic mass is 32.2. The van der Waals surface area contributed by atoms with Crippen LogP contribution in [0.1, 0.15) is 0 Å². The number of imidazole rings is 1. The third-order valence-corrected chi connectivity index (χ3v) is 2.74. The molecule has 0 amide bonds. The van der Waals surface area contributed by atoms with Crippen molar-refractivity contribution >= 4 is 10.8 Å². The molecule has 0 spiro atoms. The van der Waals surface area contributed by atoms with Crippen LogP contribution in [0.15, 0.2) is 29.0 Å². The Hall–Kier alpha value is -1.11. The number of aromatic nitrogens is 2. The molecule has 0 bridgehead atoms. The zero-order chi connectivity index (χ0) is 11.4. The minimum atomic E-state index is -3.10. The Balaban J connectivity index is 2.68. The third kappa shape index (κ3) is 3.19. The Morgan fingerprint density at radius 3 is 2.67 bits per heavy atom. The lowest BCUT2D eigenvalue weighted by Gasteiger charge is -1.99. The zero-order valence-corrected chi connectivity index (χ0v) is 8.63. The fourth-order valence-corrected chi connectivity index (χ4v) is 1.76. The molecule has 0 saturated carbocycles. The molecular weight excluding hydrogens is 229 g/mol. The number of hydrogen-bond donors (Lipinski definition) is 0. The average molecular weight is 238 g/mol. The van der Waals surface area contributed by atoms with Crippen molar-refractivity contribution in [3.8, 4) is 0 Å². The summed E-state index contributed by atoms with van der Waals surface area (Å²) in [4.78, 5) is 3.74. The fraction of sp³-hybridized carbons (Fsp3) is 0.375. The van der Waals surface area contributed by atoms with E-state index >= 15 is 0 Å². The fourth-order valence-electron chi connectivity index (χ4n) is 0.837. The van der Waals surface area contributed by atoms with Crippen LogP contribution in [-0.4, -0.2) is 26.4 Å². The minimum absolute atomic E-state index is 0.188. The molecule has 2 atom stereocenters. The molecule has 0 saturated heterocycles. The summed E-state index contributed by atoms with van der Waals surface area (Å²) in [6, 6.07) is 0. The van der Waals surface area contributed by atoms with Gasteiger partial charge in [0.25, 0.3) is 6.43 Å². The second-order valence-corrected chi connectivity index (χ2v) is 3.96. The van der Waals surface area contributed by atoms with Gasteiger partial charge in [0.05, 0.1) is 0 Å². The molecule has 1 heterocycles. The lowest BCUT2D eigenvalue weighted by molar-refractivity contribution is 0.0751. The highest BCUT2D eigenvalue weighted by molar-refractivity contribution is 7.87. The summed E-state index contributed by atoms with van der Waals surface area (Å²) < 4.78 is 48.8. The SMILES string of the molecule is Cn1ccnc1S(=O)/C=C/C(F)C(F)F. The molecule has 0 N–H and O–H groups in total. The summed E-state index contributed by atoms with van der Waals surface area (Å²) in [6.07, 6.45) is -1.94. The molecule has 2 unspecified atom stereocenters. The highest BCUT2D eigenvalue weighted by Crippen LogP contribution is 2.09. The van der Waals surface area contributed by atoms with Gasteiger partial charge in [-0.2, -0.15) is 0 Å². The molecule has 0 fully saturated rings. The van der Waals surface area contributed by atoms with Crippen LogP contribution in [0.2, 0.25) is 0 Å². The quantitative estimate of drug-likeness (QED) is 0.799. The van der Waals surface area contributed by atoms with Crippen molar-refractivity contribution in [3.63, 3.8) is 0 Å². The maximum Gasteiger partial charge on any atom is 0.272 e. The van der Waals surface area contributed by atoms with E-state index in [2.05, 4.69) is 4.98 Å². The van der Waals surface area contributed by atoms with Crippen molar-refractivity contribution in [3.05, 3.63) is 23.9 Å². The van der Waals surface area contributed by atoms with Crippen molar-refractivity contribution in [2.45, 2.75) is 17.8 Å². The molecule has 1 rings (SSSR count). The first-order chi connectivity index (χ1) is 7.02. The van der Waals surface area contributed by atoms with Crippen molar-refractivity contribution in [2.75, 3.05) is 0 Å². The summed E-state index contributed by atoms with van der Waals surface area (Å²) in [5, 5.41) is 1.06. The van der Waals surface area contributed by atoms with E-state index in [4.69, 9.17) is 0 Å². The van der Waals surface area contributed by atoms with Crippen LogP contribution in [0, 0.1) is 0 Å². The van der Waals surface area contributed by atoms with Gasteiger partial charge in [0.1, 0.15) is 10.8 Å². The molecule has 0 aliphatic carbocycles. The molecular formula is C8H9F3N2OS. The maximum atomic E-state index is 12.4. The Labute approximate surface area is 87.1 Å². The van der Waals surface area contributed by atoms with Gasteiger partial charge in [0.2, 0.25) is 5.16 Å². The second kappa shape index (κ2) is 5.11. The van der Waals surface area contributed by atoms with Crippen LogP contribution < -0.4 is 0 Å². The smallest absolute Gasteiger partial charge is 0.272 e. The van der Waals surface area contributed by atoms with E-state index in [9.17, 15) is 17.4 Å². The van der Waals surface area contributed by atoms with Crippen molar-refractivity contribution in [2.24, 2.45) is 7.05 Å². The summed E-state index contributed by atoms with van der Waals surface area (Å²) in [6.45, 7) is 0. The van der Waals surface area contributed by atoms with Gasteiger partial charge in [-0.15, -0.1) is 0 Å². The first-order valence-electron chi connectivity index (χ1n) is 4.01. The number of rotatable bonds is 4. The van der Waals surface area contributed by atoms with Gasteiger partial charge >= 0.3 is 0 Å². The van der Waals surface area contributed by atoms with E-state index in [0.29, 0.717) is 6.08 Å². The Kier molecular flexibility index (Phi) is 4.07.